The second-order valence-corrected chi connectivity index (χ2v) is 3.38. The lowest BCUT2D eigenvalue weighted by molar-refractivity contribution is 1.66. The minimum atomic E-state index is 0.843. The molecule has 1 nitrogen and oxygen atoms in total. The van der Waals surface area contributed by atoms with E-state index in [4.69, 9.17) is 5.73 Å². The van der Waals surface area contributed by atoms with E-state index in [0.717, 1.165) is 11.3 Å². The monoisotopic (exact) mass is 175 g/mol. The van der Waals surface area contributed by atoms with Crippen LogP contribution in [-0.4, -0.2) is 0 Å². The quantitative estimate of drug-likeness (QED) is 0.662. The third kappa shape index (κ3) is 1.21. The van der Waals surface area contributed by atoms with Gasteiger partial charge in [-0.05, 0) is 28.5 Å². The molecule has 0 aliphatic rings. The largest absolute Gasteiger partial charge is 0.398 e. The van der Waals surface area contributed by atoms with Crippen LogP contribution in [0.1, 0.15) is 0 Å². The van der Waals surface area contributed by atoms with Gasteiger partial charge >= 0.3 is 0 Å². The van der Waals surface area contributed by atoms with Gasteiger partial charge in [-0.1, -0.05) is 18.2 Å². The maximum atomic E-state index is 5.82. The van der Waals surface area contributed by atoms with Gasteiger partial charge in [-0.2, -0.15) is 11.3 Å². The molecule has 1 aromatic carbocycles. The molecule has 60 valence electrons. The van der Waals surface area contributed by atoms with Gasteiger partial charge in [-0.25, -0.2) is 0 Å². The van der Waals surface area contributed by atoms with Crippen LogP contribution in [0.15, 0.2) is 41.1 Å². The van der Waals surface area contributed by atoms with Crippen molar-refractivity contribution >= 4 is 17.0 Å². The van der Waals surface area contributed by atoms with Crippen LogP contribution in [0.25, 0.3) is 11.1 Å². The Morgan fingerprint density at radius 1 is 1.08 bits per heavy atom. The summed E-state index contributed by atoms with van der Waals surface area (Å²) in [6.45, 7) is 0. The molecule has 1 aromatic heterocycles. The highest BCUT2D eigenvalue weighted by Crippen LogP contribution is 2.26. The first-order valence-corrected chi connectivity index (χ1v) is 4.69. The van der Waals surface area contributed by atoms with Crippen LogP contribution in [0.4, 0.5) is 5.69 Å². The molecule has 2 heteroatoms. The molecule has 0 saturated carbocycles. The smallest absolute Gasteiger partial charge is 0.0394 e. The third-order valence-electron chi connectivity index (χ3n) is 1.79. The maximum Gasteiger partial charge on any atom is 0.0394 e. The summed E-state index contributed by atoms with van der Waals surface area (Å²) in [6, 6.07) is 10.00. The normalized spacial score (nSPS) is 10.0. The zero-order chi connectivity index (χ0) is 8.39. The number of nitrogen functional groups attached to an aromatic ring is 1. The molecular weight excluding hydrogens is 166 g/mol. The first-order chi connectivity index (χ1) is 5.88. The Balaban J connectivity index is 2.55. The van der Waals surface area contributed by atoms with E-state index in [-0.39, 0.29) is 0 Å². The summed E-state index contributed by atoms with van der Waals surface area (Å²) in [7, 11) is 0. The molecule has 0 fully saturated rings. The molecule has 0 bridgehead atoms. The standard InChI is InChI=1S/C10H9NS/c11-10-4-2-1-3-9(10)8-5-6-12-7-8/h1-7H,11H2. The summed E-state index contributed by atoms with van der Waals surface area (Å²) in [5.41, 5.74) is 8.99. The molecule has 2 N–H and O–H groups in total. The van der Waals surface area contributed by atoms with Gasteiger partial charge in [-0.15, -0.1) is 0 Å². The van der Waals surface area contributed by atoms with Crippen molar-refractivity contribution in [1.29, 1.82) is 0 Å². The molecule has 12 heavy (non-hydrogen) atoms. The summed E-state index contributed by atoms with van der Waals surface area (Å²) in [6.07, 6.45) is 0. The lowest BCUT2D eigenvalue weighted by atomic mass is 10.1. The zero-order valence-electron chi connectivity index (χ0n) is 6.53. The molecular formula is C10H9NS. The topological polar surface area (TPSA) is 26.0 Å². The zero-order valence-corrected chi connectivity index (χ0v) is 7.34. The van der Waals surface area contributed by atoms with Crippen LogP contribution in [0, 0.1) is 0 Å². The first-order valence-electron chi connectivity index (χ1n) is 3.75. The lowest BCUT2D eigenvalue weighted by Gasteiger charge is -2.00. The van der Waals surface area contributed by atoms with Crippen molar-refractivity contribution in [1.82, 2.24) is 0 Å². The highest BCUT2D eigenvalue weighted by Gasteiger charge is 1.99. The van der Waals surface area contributed by atoms with Gasteiger partial charge in [-0.3, -0.25) is 0 Å². The first kappa shape index (κ1) is 7.37. The fourth-order valence-electron chi connectivity index (χ4n) is 1.18. The van der Waals surface area contributed by atoms with E-state index in [2.05, 4.69) is 16.8 Å². The van der Waals surface area contributed by atoms with E-state index in [9.17, 15) is 0 Å². The Kier molecular flexibility index (Phi) is 1.84. The van der Waals surface area contributed by atoms with E-state index in [0.29, 0.717) is 0 Å². The number of hydrogen-bond donors (Lipinski definition) is 1. The molecule has 2 aromatic rings. The Morgan fingerprint density at radius 2 is 1.92 bits per heavy atom. The van der Waals surface area contributed by atoms with Crippen LogP contribution in [0.5, 0.6) is 0 Å². The molecule has 2 rings (SSSR count). The highest BCUT2D eigenvalue weighted by atomic mass is 32.1. The molecule has 0 aliphatic heterocycles. The van der Waals surface area contributed by atoms with Crippen molar-refractivity contribution in [2.75, 3.05) is 5.73 Å². The highest BCUT2D eigenvalue weighted by molar-refractivity contribution is 7.08. The number of hydrogen-bond acceptors (Lipinski definition) is 2. The molecule has 0 spiro atoms. The summed E-state index contributed by atoms with van der Waals surface area (Å²) in [5, 5.41) is 4.16. The fraction of sp³-hybridized carbons (Fsp3) is 0. The minimum Gasteiger partial charge on any atom is -0.398 e. The van der Waals surface area contributed by atoms with Crippen molar-refractivity contribution in [3.63, 3.8) is 0 Å². The third-order valence-corrected chi connectivity index (χ3v) is 2.48. The number of thiophene rings is 1. The molecule has 0 unspecified atom stereocenters. The van der Waals surface area contributed by atoms with Crippen LogP contribution in [-0.2, 0) is 0 Å². The Bertz CT molecular complexity index is 365. The van der Waals surface area contributed by atoms with Crippen molar-refractivity contribution in [3.8, 4) is 11.1 Å². The number of benzene rings is 1. The molecule has 0 aliphatic carbocycles. The average Bonchev–Trinajstić information content (AvgIpc) is 2.57. The molecule has 1 heterocycles. The van der Waals surface area contributed by atoms with E-state index >= 15 is 0 Å². The fourth-order valence-corrected chi connectivity index (χ4v) is 1.83. The number of anilines is 1. The van der Waals surface area contributed by atoms with E-state index in [1.807, 2.05) is 24.3 Å². The van der Waals surface area contributed by atoms with Crippen LogP contribution >= 0.6 is 11.3 Å². The molecule has 0 saturated heterocycles. The van der Waals surface area contributed by atoms with Gasteiger partial charge in [0.2, 0.25) is 0 Å². The predicted molar refractivity (Wildman–Crippen MR) is 54.2 cm³/mol. The van der Waals surface area contributed by atoms with E-state index in [1.165, 1.54) is 5.56 Å². The second kappa shape index (κ2) is 2.99. The van der Waals surface area contributed by atoms with Crippen molar-refractivity contribution < 1.29 is 0 Å². The Hall–Kier alpha value is -1.28. The van der Waals surface area contributed by atoms with Gasteiger partial charge in [0.1, 0.15) is 0 Å². The molecule has 0 atom stereocenters. The summed E-state index contributed by atoms with van der Waals surface area (Å²) in [5.74, 6) is 0. The van der Waals surface area contributed by atoms with Gasteiger partial charge < -0.3 is 5.73 Å². The molecule has 0 radical (unpaired) electrons. The average molecular weight is 175 g/mol. The van der Waals surface area contributed by atoms with Gasteiger partial charge in [0.15, 0.2) is 0 Å². The predicted octanol–water partition coefficient (Wildman–Crippen LogP) is 3.00. The minimum absolute atomic E-state index is 0.843. The van der Waals surface area contributed by atoms with E-state index in [1.54, 1.807) is 11.3 Å². The number of rotatable bonds is 1. The van der Waals surface area contributed by atoms with Crippen LogP contribution < -0.4 is 5.73 Å². The summed E-state index contributed by atoms with van der Waals surface area (Å²) in [4.78, 5) is 0. The Labute approximate surface area is 75.5 Å². The van der Waals surface area contributed by atoms with Crippen molar-refractivity contribution in [3.05, 3.63) is 41.1 Å². The summed E-state index contributed by atoms with van der Waals surface area (Å²) >= 11 is 1.69. The van der Waals surface area contributed by atoms with Crippen LogP contribution in [0.3, 0.4) is 0 Å². The van der Waals surface area contributed by atoms with Gasteiger partial charge in [0.25, 0.3) is 0 Å². The van der Waals surface area contributed by atoms with Crippen LogP contribution in [0.2, 0.25) is 0 Å². The van der Waals surface area contributed by atoms with Gasteiger partial charge in [0, 0.05) is 11.3 Å². The second-order valence-electron chi connectivity index (χ2n) is 2.60. The number of para-hydroxylation sites is 1. The summed E-state index contributed by atoms with van der Waals surface area (Å²) < 4.78 is 0. The van der Waals surface area contributed by atoms with Gasteiger partial charge in [0.05, 0.1) is 0 Å². The van der Waals surface area contributed by atoms with Crippen molar-refractivity contribution in [2.24, 2.45) is 0 Å². The number of nitrogens with two attached hydrogens (primary N) is 1. The maximum absolute atomic E-state index is 5.82. The van der Waals surface area contributed by atoms with E-state index < -0.39 is 0 Å². The SMILES string of the molecule is Nc1ccccc1-c1ccsc1. The van der Waals surface area contributed by atoms with Crippen molar-refractivity contribution in [2.45, 2.75) is 0 Å². The molecule has 0 amide bonds. The lowest BCUT2D eigenvalue weighted by Crippen LogP contribution is -1.87. The Morgan fingerprint density at radius 3 is 2.58 bits per heavy atom.